The number of hydrogen-bond donors (Lipinski definition) is 1. The maximum atomic E-state index is 14.0. The van der Waals surface area contributed by atoms with E-state index in [4.69, 9.17) is 11.6 Å². The van der Waals surface area contributed by atoms with Crippen molar-refractivity contribution < 1.29 is 4.79 Å². The number of piperidine rings is 2. The zero-order chi connectivity index (χ0) is 23.2. The van der Waals surface area contributed by atoms with Crippen molar-refractivity contribution in [3.63, 3.8) is 0 Å². The van der Waals surface area contributed by atoms with Crippen LogP contribution in [0.15, 0.2) is 55.1 Å². The number of fused-ring (bicyclic) bond motifs is 3. The molecule has 34 heavy (non-hydrogen) atoms. The van der Waals surface area contributed by atoms with Crippen molar-refractivity contribution in [3.8, 4) is 5.69 Å². The molecule has 172 valence electrons. The van der Waals surface area contributed by atoms with Crippen molar-refractivity contribution in [2.45, 2.75) is 31.8 Å². The zero-order valence-electron chi connectivity index (χ0n) is 18.5. The first-order chi connectivity index (χ1) is 16.6. The molecule has 9 nitrogen and oxygen atoms in total. The number of amides is 1. The minimum atomic E-state index is -0.0506. The molecular weight excluding hydrogens is 452 g/mol. The summed E-state index contributed by atoms with van der Waals surface area (Å²) in [4.78, 5) is 30.7. The molecule has 1 saturated carbocycles. The Bertz CT molecular complexity index is 1350. The van der Waals surface area contributed by atoms with Crippen LogP contribution in [-0.2, 0) is 0 Å². The van der Waals surface area contributed by atoms with Gasteiger partial charge in [0.25, 0.3) is 5.91 Å². The van der Waals surface area contributed by atoms with Crippen LogP contribution in [0.5, 0.6) is 0 Å². The Labute approximate surface area is 201 Å². The summed E-state index contributed by atoms with van der Waals surface area (Å²) >= 11 is 6.31. The van der Waals surface area contributed by atoms with Gasteiger partial charge in [0.15, 0.2) is 5.65 Å². The van der Waals surface area contributed by atoms with E-state index in [9.17, 15) is 4.79 Å². The van der Waals surface area contributed by atoms with Gasteiger partial charge in [0.05, 0.1) is 35.9 Å². The fourth-order valence-corrected chi connectivity index (χ4v) is 5.38. The van der Waals surface area contributed by atoms with E-state index in [2.05, 4.69) is 37.4 Å². The smallest absolute Gasteiger partial charge is 0.256 e. The van der Waals surface area contributed by atoms with Gasteiger partial charge < -0.3 is 10.2 Å². The number of carbonyl (C=O) groups excluding carboxylic acids is 1. The van der Waals surface area contributed by atoms with E-state index >= 15 is 0 Å². The van der Waals surface area contributed by atoms with Crippen molar-refractivity contribution in [1.29, 1.82) is 0 Å². The van der Waals surface area contributed by atoms with Crippen LogP contribution < -0.4 is 5.32 Å². The van der Waals surface area contributed by atoms with Gasteiger partial charge in [-0.1, -0.05) is 18.5 Å². The van der Waals surface area contributed by atoms with Gasteiger partial charge >= 0.3 is 0 Å². The first-order valence-corrected chi connectivity index (χ1v) is 11.8. The van der Waals surface area contributed by atoms with Crippen LogP contribution in [0.25, 0.3) is 16.9 Å². The molecule has 2 atom stereocenters. The molecule has 3 fully saturated rings. The van der Waals surface area contributed by atoms with Crippen LogP contribution in [-0.4, -0.2) is 59.4 Å². The van der Waals surface area contributed by atoms with Gasteiger partial charge in [0.2, 0.25) is 0 Å². The Morgan fingerprint density at radius 1 is 1.15 bits per heavy atom. The minimum Gasteiger partial charge on any atom is -0.367 e. The highest BCUT2D eigenvalue weighted by Crippen LogP contribution is 2.47. The number of anilines is 1. The molecule has 1 N–H and O–H groups in total. The lowest BCUT2D eigenvalue weighted by molar-refractivity contribution is -0.0502. The zero-order valence-corrected chi connectivity index (χ0v) is 19.3. The maximum Gasteiger partial charge on any atom is 0.256 e. The van der Waals surface area contributed by atoms with E-state index in [0.717, 1.165) is 18.4 Å². The third-order valence-corrected chi connectivity index (χ3v) is 7.35. The number of aromatic nitrogens is 6. The number of rotatable bonds is 5. The normalized spacial score (nSPS) is 23.5. The number of nitrogens with one attached hydrogen (secondary N) is 1. The molecule has 2 saturated heterocycles. The van der Waals surface area contributed by atoms with E-state index in [1.165, 1.54) is 4.80 Å². The highest BCUT2D eigenvalue weighted by atomic mass is 35.5. The molecular formula is C24H23ClN8O. The van der Waals surface area contributed by atoms with Gasteiger partial charge in [0.1, 0.15) is 11.3 Å². The molecule has 1 aromatic carbocycles. The lowest BCUT2D eigenvalue weighted by Crippen LogP contribution is -2.64. The second-order valence-corrected chi connectivity index (χ2v) is 9.42. The fourth-order valence-electron chi connectivity index (χ4n) is 5.21. The summed E-state index contributed by atoms with van der Waals surface area (Å²) in [6.45, 7) is 2.81. The molecule has 3 aliphatic rings. The average molecular weight is 475 g/mol. The predicted octanol–water partition coefficient (Wildman–Crippen LogP) is 3.61. The quantitative estimate of drug-likeness (QED) is 0.471. The van der Waals surface area contributed by atoms with E-state index in [-0.39, 0.29) is 18.0 Å². The molecule has 3 aromatic heterocycles. The molecule has 10 heteroatoms. The highest BCUT2D eigenvalue weighted by molar-refractivity contribution is 6.31. The summed E-state index contributed by atoms with van der Waals surface area (Å²) in [5, 5.41) is 12.4. The first kappa shape index (κ1) is 21.0. The SMILES string of the molecule is C[C@@H]1C2CC(C2)N(C(=O)c2cc(Cl)ccc2-n2nccn2)C1CNc1cnc2ncccc2n1. The average Bonchev–Trinajstić information content (AvgIpc) is 3.36. The number of benzene rings is 1. The second kappa shape index (κ2) is 8.32. The van der Waals surface area contributed by atoms with Gasteiger partial charge in [-0.15, -0.1) is 0 Å². The van der Waals surface area contributed by atoms with Crippen molar-refractivity contribution in [1.82, 2.24) is 34.8 Å². The Morgan fingerprint density at radius 2 is 1.97 bits per heavy atom. The molecule has 2 aliphatic heterocycles. The van der Waals surface area contributed by atoms with Crippen LogP contribution in [0.3, 0.4) is 0 Å². The monoisotopic (exact) mass is 474 g/mol. The molecule has 1 aliphatic carbocycles. The Kier molecular flexibility index (Phi) is 5.13. The molecule has 0 spiro atoms. The van der Waals surface area contributed by atoms with Crippen LogP contribution in [0.4, 0.5) is 5.82 Å². The summed E-state index contributed by atoms with van der Waals surface area (Å²) in [5.41, 5.74) is 2.46. The summed E-state index contributed by atoms with van der Waals surface area (Å²) < 4.78 is 0. The predicted molar refractivity (Wildman–Crippen MR) is 128 cm³/mol. The standard InChI is InChI=1S/C24H23ClN8O/c1-14-15-9-17(10-15)32(21(14)12-27-22-13-28-23-19(31-22)3-2-6-26-23)24(34)18-11-16(25)4-5-20(18)33-29-7-8-30-33/h2-8,11,13-15,17,21H,9-10,12H2,1H3,(H,27,31)/t14-,15?,17?,21?/m1/s1. The number of carbonyl (C=O) groups is 1. The largest absolute Gasteiger partial charge is 0.367 e. The van der Waals surface area contributed by atoms with E-state index in [0.29, 0.717) is 46.1 Å². The van der Waals surface area contributed by atoms with Gasteiger partial charge in [-0.05, 0) is 55.0 Å². The van der Waals surface area contributed by atoms with Crippen LogP contribution >= 0.6 is 11.6 Å². The van der Waals surface area contributed by atoms with Crippen molar-refractivity contribution in [3.05, 3.63) is 65.7 Å². The lowest BCUT2D eigenvalue weighted by Gasteiger charge is -2.57. The fraction of sp³-hybridized carbons (Fsp3) is 0.333. The molecule has 1 unspecified atom stereocenters. The van der Waals surface area contributed by atoms with Gasteiger partial charge in [-0.25, -0.2) is 15.0 Å². The van der Waals surface area contributed by atoms with Gasteiger partial charge in [0, 0.05) is 23.8 Å². The Morgan fingerprint density at radius 3 is 2.79 bits per heavy atom. The van der Waals surface area contributed by atoms with E-state index in [1.807, 2.05) is 17.0 Å². The first-order valence-electron chi connectivity index (χ1n) is 11.4. The third-order valence-electron chi connectivity index (χ3n) is 7.12. The summed E-state index contributed by atoms with van der Waals surface area (Å²) in [6.07, 6.45) is 8.63. The molecule has 4 aromatic rings. The Hall–Kier alpha value is -3.59. The summed E-state index contributed by atoms with van der Waals surface area (Å²) in [6, 6.07) is 9.21. The number of halogens is 1. The number of nitrogens with zero attached hydrogens (tertiary/aromatic N) is 7. The Balaban J connectivity index is 1.30. The van der Waals surface area contributed by atoms with Crippen LogP contribution in [0, 0.1) is 11.8 Å². The molecule has 1 amide bonds. The second-order valence-electron chi connectivity index (χ2n) is 8.99. The van der Waals surface area contributed by atoms with Crippen LogP contribution in [0.1, 0.15) is 30.1 Å². The van der Waals surface area contributed by atoms with Gasteiger partial charge in [-0.3, -0.25) is 4.79 Å². The molecule has 7 rings (SSSR count). The van der Waals surface area contributed by atoms with Crippen LogP contribution in [0.2, 0.25) is 5.02 Å². The maximum absolute atomic E-state index is 14.0. The number of hydrogen-bond acceptors (Lipinski definition) is 7. The topological polar surface area (TPSA) is 102 Å². The lowest BCUT2D eigenvalue weighted by atomic mass is 9.64. The van der Waals surface area contributed by atoms with Crippen molar-refractivity contribution >= 4 is 34.5 Å². The van der Waals surface area contributed by atoms with Gasteiger partial charge in [-0.2, -0.15) is 15.0 Å². The van der Waals surface area contributed by atoms with E-state index in [1.54, 1.807) is 43.0 Å². The van der Waals surface area contributed by atoms with Crippen molar-refractivity contribution in [2.24, 2.45) is 11.8 Å². The number of pyridine rings is 1. The highest BCUT2D eigenvalue weighted by Gasteiger charge is 2.50. The minimum absolute atomic E-state index is 0.00816. The van der Waals surface area contributed by atoms with E-state index < -0.39 is 0 Å². The third kappa shape index (κ3) is 3.56. The molecule has 2 bridgehead atoms. The summed E-state index contributed by atoms with van der Waals surface area (Å²) in [5.74, 6) is 1.59. The summed E-state index contributed by atoms with van der Waals surface area (Å²) in [7, 11) is 0. The molecule has 0 radical (unpaired) electrons. The molecule has 5 heterocycles. The van der Waals surface area contributed by atoms with Crippen molar-refractivity contribution in [2.75, 3.05) is 11.9 Å².